The number of carbonyl (C=O) groups is 2. The minimum absolute atomic E-state index is 0.0681. The van der Waals surface area contributed by atoms with E-state index in [2.05, 4.69) is 10.2 Å². The molecular weight excluding hydrogens is 358 g/mol. The Balaban J connectivity index is 1.40. The summed E-state index contributed by atoms with van der Waals surface area (Å²) in [6.07, 6.45) is 6.82. The first-order valence-corrected chi connectivity index (χ1v) is 10.5. The smallest absolute Gasteiger partial charge is 0.224 e. The Kier molecular flexibility index (Phi) is 7.91. The van der Waals surface area contributed by atoms with Crippen molar-refractivity contribution in [1.29, 1.82) is 0 Å². The van der Waals surface area contributed by atoms with Crippen LogP contribution >= 0.6 is 0 Å². The maximum absolute atomic E-state index is 12.5. The molecule has 2 fully saturated rings. The molecule has 0 aliphatic carbocycles. The number of carbonyl (C=O) groups excluding carboxylic acids is 2. The molecule has 156 valence electrons. The molecule has 0 saturated carbocycles. The first kappa shape index (κ1) is 20.9. The van der Waals surface area contributed by atoms with E-state index in [0.29, 0.717) is 32.0 Å². The van der Waals surface area contributed by atoms with Gasteiger partial charge in [0, 0.05) is 52.2 Å². The van der Waals surface area contributed by atoms with Gasteiger partial charge in [-0.25, -0.2) is 0 Å². The van der Waals surface area contributed by atoms with Gasteiger partial charge in [0.1, 0.15) is 5.76 Å². The van der Waals surface area contributed by atoms with Crippen molar-refractivity contribution in [1.82, 2.24) is 15.1 Å². The van der Waals surface area contributed by atoms with E-state index in [4.69, 9.17) is 9.15 Å². The van der Waals surface area contributed by atoms with Gasteiger partial charge in [-0.2, -0.15) is 0 Å². The fraction of sp³-hybridized carbons (Fsp3) is 0.714. The Morgan fingerprint density at radius 3 is 2.79 bits per heavy atom. The second-order valence-corrected chi connectivity index (χ2v) is 7.81. The highest BCUT2D eigenvalue weighted by Crippen LogP contribution is 2.24. The zero-order valence-electron chi connectivity index (χ0n) is 16.9. The summed E-state index contributed by atoms with van der Waals surface area (Å²) in [5.41, 5.74) is 0. The second kappa shape index (κ2) is 10.6. The molecule has 0 aromatic carbocycles. The van der Waals surface area contributed by atoms with Crippen molar-refractivity contribution in [2.45, 2.75) is 44.6 Å². The number of furan rings is 1. The number of aryl methyl sites for hydroxylation is 1. The van der Waals surface area contributed by atoms with Crippen molar-refractivity contribution in [3.8, 4) is 0 Å². The molecule has 2 aliphatic heterocycles. The zero-order chi connectivity index (χ0) is 19.8. The minimum Gasteiger partial charge on any atom is -0.469 e. The molecule has 2 aliphatic rings. The third-order valence-electron chi connectivity index (χ3n) is 5.93. The molecule has 1 aromatic heterocycles. The van der Waals surface area contributed by atoms with Gasteiger partial charge < -0.3 is 19.4 Å². The maximum atomic E-state index is 12.5. The van der Waals surface area contributed by atoms with Gasteiger partial charge >= 0.3 is 0 Å². The fourth-order valence-corrected chi connectivity index (χ4v) is 4.30. The summed E-state index contributed by atoms with van der Waals surface area (Å²) in [7, 11) is 1.64. The monoisotopic (exact) mass is 391 g/mol. The van der Waals surface area contributed by atoms with Crippen LogP contribution in [0.15, 0.2) is 22.8 Å². The van der Waals surface area contributed by atoms with Gasteiger partial charge in [0.15, 0.2) is 0 Å². The molecule has 0 bridgehead atoms. The van der Waals surface area contributed by atoms with E-state index in [1.807, 2.05) is 17.0 Å². The van der Waals surface area contributed by atoms with Crippen LogP contribution in [-0.4, -0.2) is 74.1 Å². The van der Waals surface area contributed by atoms with Crippen LogP contribution in [0.2, 0.25) is 0 Å². The Morgan fingerprint density at radius 2 is 2.07 bits per heavy atom. The van der Waals surface area contributed by atoms with Gasteiger partial charge in [-0.3, -0.25) is 14.5 Å². The van der Waals surface area contributed by atoms with E-state index >= 15 is 0 Å². The van der Waals surface area contributed by atoms with Crippen LogP contribution in [0.3, 0.4) is 0 Å². The lowest BCUT2D eigenvalue weighted by molar-refractivity contribution is -0.133. The lowest BCUT2D eigenvalue weighted by Gasteiger charge is -2.42. The predicted molar refractivity (Wildman–Crippen MR) is 106 cm³/mol. The molecule has 0 spiro atoms. The van der Waals surface area contributed by atoms with Gasteiger partial charge in [-0.1, -0.05) is 0 Å². The SMILES string of the molecule is COCCNC(=O)[C@@H]1CCCN(C2CCN(C(=O)CCc3ccco3)CC2)C1. The number of rotatable bonds is 8. The molecule has 1 atom stereocenters. The lowest BCUT2D eigenvalue weighted by atomic mass is 9.93. The van der Waals surface area contributed by atoms with E-state index in [9.17, 15) is 9.59 Å². The number of hydrogen-bond donors (Lipinski definition) is 1. The Labute approximate surface area is 167 Å². The number of likely N-dealkylation sites (tertiary alicyclic amines) is 2. The highest BCUT2D eigenvalue weighted by atomic mass is 16.5. The minimum atomic E-state index is 0.0681. The normalized spacial score (nSPS) is 21.6. The number of hydrogen-bond acceptors (Lipinski definition) is 5. The average molecular weight is 392 g/mol. The molecule has 3 rings (SSSR count). The largest absolute Gasteiger partial charge is 0.469 e. The van der Waals surface area contributed by atoms with Crippen molar-refractivity contribution in [2.75, 3.05) is 46.4 Å². The van der Waals surface area contributed by atoms with Crippen LogP contribution in [0.5, 0.6) is 0 Å². The van der Waals surface area contributed by atoms with Crippen LogP contribution in [0.1, 0.15) is 37.9 Å². The molecule has 7 nitrogen and oxygen atoms in total. The highest BCUT2D eigenvalue weighted by Gasteiger charge is 2.32. The van der Waals surface area contributed by atoms with Crippen LogP contribution in [-0.2, 0) is 20.7 Å². The quantitative estimate of drug-likeness (QED) is 0.683. The van der Waals surface area contributed by atoms with Gasteiger partial charge in [0.05, 0.1) is 18.8 Å². The summed E-state index contributed by atoms with van der Waals surface area (Å²) in [6, 6.07) is 4.25. The van der Waals surface area contributed by atoms with E-state index in [1.165, 1.54) is 0 Å². The van der Waals surface area contributed by atoms with Crippen molar-refractivity contribution >= 4 is 11.8 Å². The van der Waals surface area contributed by atoms with Gasteiger partial charge in [-0.15, -0.1) is 0 Å². The fourth-order valence-electron chi connectivity index (χ4n) is 4.30. The van der Waals surface area contributed by atoms with E-state index in [1.54, 1.807) is 13.4 Å². The molecule has 1 aromatic rings. The summed E-state index contributed by atoms with van der Waals surface area (Å²) in [5.74, 6) is 1.29. The molecule has 2 amide bonds. The molecular formula is C21H33N3O4. The van der Waals surface area contributed by atoms with Crippen LogP contribution in [0.4, 0.5) is 0 Å². The number of nitrogens with zero attached hydrogens (tertiary/aromatic N) is 2. The molecule has 2 saturated heterocycles. The van der Waals surface area contributed by atoms with Gasteiger partial charge in [-0.05, 0) is 44.4 Å². The number of amides is 2. The highest BCUT2D eigenvalue weighted by molar-refractivity contribution is 5.79. The molecule has 28 heavy (non-hydrogen) atoms. The standard InChI is InChI=1S/C21H33N3O4/c1-27-15-10-22-21(26)17-4-2-11-24(16-17)18-8-12-23(13-9-18)20(25)7-6-19-5-3-14-28-19/h3,5,14,17-18H,2,4,6-13,15-16H2,1H3,(H,22,26)/t17-/m1/s1. The maximum Gasteiger partial charge on any atom is 0.224 e. The van der Waals surface area contributed by atoms with Gasteiger partial charge in [0.2, 0.25) is 11.8 Å². The Bertz CT molecular complexity index is 611. The van der Waals surface area contributed by atoms with E-state index < -0.39 is 0 Å². The van der Waals surface area contributed by atoms with Crippen molar-refractivity contribution < 1.29 is 18.7 Å². The average Bonchev–Trinajstić information content (AvgIpc) is 3.26. The number of ether oxygens (including phenoxy) is 1. The topological polar surface area (TPSA) is 75.0 Å². The first-order valence-electron chi connectivity index (χ1n) is 10.5. The molecule has 0 radical (unpaired) electrons. The van der Waals surface area contributed by atoms with Crippen molar-refractivity contribution in [3.63, 3.8) is 0 Å². The second-order valence-electron chi connectivity index (χ2n) is 7.81. The van der Waals surface area contributed by atoms with E-state index in [0.717, 1.165) is 57.6 Å². The van der Waals surface area contributed by atoms with Gasteiger partial charge in [0.25, 0.3) is 0 Å². The number of nitrogens with one attached hydrogen (secondary N) is 1. The van der Waals surface area contributed by atoms with E-state index in [-0.39, 0.29) is 17.7 Å². The van der Waals surface area contributed by atoms with Crippen LogP contribution in [0, 0.1) is 5.92 Å². The number of piperidine rings is 2. The van der Waals surface area contributed by atoms with Crippen LogP contribution in [0.25, 0.3) is 0 Å². The zero-order valence-corrected chi connectivity index (χ0v) is 16.9. The van der Waals surface area contributed by atoms with Crippen LogP contribution < -0.4 is 5.32 Å². The first-order chi connectivity index (χ1) is 13.7. The molecule has 0 unspecified atom stereocenters. The third-order valence-corrected chi connectivity index (χ3v) is 5.93. The summed E-state index contributed by atoms with van der Waals surface area (Å²) in [5, 5.41) is 2.97. The van der Waals surface area contributed by atoms with Crippen molar-refractivity contribution in [3.05, 3.63) is 24.2 Å². The summed E-state index contributed by atoms with van der Waals surface area (Å²) < 4.78 is 10.3. The summed E-state index contributed by atoms with van der Waals surface area (Å²) in [4.78, 5) is 29.3. The Morgan fingerprint density at radius 1 is 1.25 bits per heavy atom. The molecule has 3 heterocycles. The Hall–Kier alpha value is -1.86. The number of methoxy groups -OCH3 is 1. The lowest BCUT2D eigenvalue weighted by Crippen LogP contribution is -2.51. The van der Waals surface area contributed by atoms with Crippen molar-refractivity contribution in [2.24, 2.45) is 5.92 Å². The third kappa shape index (κ3) is 5.82. The summed E-state index contributed by atoms with van der Waals surface area (Å²) in [6.45, 7) is 4.62. The summed E-state index contributed by atoms with van der Waals surface area (Å²) >= 11 is 0. The molecule has 7 heteroatoms. The molecule has 1 N–H and O–H groups in total. The predicted octanol–water partition coefficient (Wildman–Crippen LogP) is 1.68.